The van der Waals surface area contributed by atoms with Crippen LogP contribution >= 0.6 is 0 Å². The fourth-order valence-electron chi connectivity index (χ4n) is 3.39. The van der Waals surface area contributed by atoms with Gasteiger partial charge >= 0.3 is 0 Å². The maximum Gasteiger partial charge on any atom is 0.0628 e. The van der Waals surface area contributed by atoms with E-state index in [4.69, 9.17) is 0 Å². The summed E-state index contributed by atoms with van der Waals surface area (Å²) in [6.45, 7) is 13.5. The van der Waals surface area contributed by atoms with Crippen molar-refractivity contribution in [2.45, 2.75) is 45.2 Å². The van der Waals surface area contributed by atoms with E-state index in [0.717, 1.165) is 39.3 Å². The van der Waals surface area contributed by atoms with Gasteiger partial charge in [0, 0.05) is 38.8 Å². The topological polar surface area (TPSA) is 38.7 Å². The Bertz CT molecular complexity index is 273. The lowest BCUT2D eigenvalue weighted by molar-refractivity contribution is 0.0524. The molecule has 2 N–H and O–H groups in total. The number of likely N-dealkylation sites (N-methyl/N-ethyl adjacent to an activating group) is 1. The van der Waals surface area contributed by atoms with Crippen molar-refractivity contribution < 1.29 is 5.11 Å². The minimum absolute atomic E-state index is 0.0469. The van der Waals surface area contributed by atoms with E-state index in [2.05, 4.69) is 35.9 Å². The lowest BCUT2D eigenvalue weighted by Gasteiger charge is -2.43. The molecule has 0 aromatic carbocycles. The molecule has 19 heavy (non-hydrogen) atoms. The quantitative estimate of drug-likeness (QED) is 0.716. The molecule has 0 aromatic rings. The van der Waals surface area contributed by atoms with Gasteiger partial charge in [0.05, 0.1) is 12.1 Å². The van der Waals surface area contributed by atoms with Crippen molar-refractivity contribution in [1.29, 1.82) is 0 Å². The average Bonchev–Trinajstić information content (AvgIpc) is 3.23. The predicted octanol–water partition coefficient (Wildman–Crippen LogP) is 0.763. The number of piperazine rings is 1. The van der Waals surface area contributed by atoms with Crippen LogP contribution in [-0.2, 0) is 0 Å². The Morgan fingerprint density at radius 1 is 1.21 bits per heavy atom. The van der Waals surface area contributed by atoms with E-state index in [-0.39, 0.29) is 12.1 Å². The van der Waals surface area contributed by atoms with Crippen molar-refractivity contribution >= 4 is 0 Å². The highest BCUT2D eigenvalue weighted by Crippen LogP contribution is 2.40. The Morgan fingerprint density at radius 2 is 1.84 bits per heavy atom. The number of aliphatic hydroxyl groups is 1. The molecule has 1 unspecified atom stereocenters. The van der Waals surface area contributed by atoms with Crippen molar-refractivity contribution in [3.8, 4) is 0 Å². The fourth-order valence-corrected chi connectivity index (χ4v) is 3.39. The zero-order valence-electron chi connectivity index (χ0n) is 12.9. The third kappa shape index (κ3) is 3.69. The van der Waals surface area contributed by atoms with Gasteiger partial charge in [-0.05, 0) is 39.2 Å². The van der Waals surface area contributed by atoms with Crippen LogP contribution in [0.3, 0.4) is 0 Å². The van der Waals surface area contributed by atoms with E-state index in [1.54, 1.807) is 0 Å². The maximum absolute atomic E-state index is 9.89. The average molecular weight is 269 g/mol. The molecule has 0 aromatic heterocycles. The van der Waals surface area contributed by atoms with Gasteiger partial charge in [0.25, 0.3) is 0 Å². The Labute approximate surface area is 118 Å². The van der Waals surface area contributed by atoms with Crippen LogP contribution in [0.4, 0.5) is 0 Å². The van der Waals surface area contributed by atoms with Gasteiger partial charge in [0.1, 0.15) is 0 Å². The Balaban J connectivity index is 1.88. The van der Waals surface area contributed by atoms with Crippen molar-refractivity contribution in [2.24, 2.45) is 5.92 Å². The number of aliphatic hydroxyl groups excluding tert-OH is 1. The molecule has 0 spiro atoms. The standard InChI is InChI=1S/C15H31N3O/c1-4-16-15(12-19,14-5-6-14)11-17-7-9-18(10-8-17)13(2)3/h13-14,16,19H,4-12H2,1-3H3. The highest BCUT2D eigenvalue weighted by atomic mass is 16.3. The predicted molar refractivity (Wildman–Crippen MR) is 79.4 cm³/mol. The molecule has 112 valence electrons. The van der Waals surface area contributed by atoms with Crippen LogP contribution in [0.1, 0.15) is 33.6 Å². The molecule has 1 atom stereocenters. The second-order valence-corrected chi connectivity index (χ2v) is 6.52. The summed E-state index contributed by atoms with van der Waals surface area (Å²) in [5, 5.41) is 13.5. The number of nitrogens with one attached hydrogen (secondary N) is 1. The van der Waals surface area contributed by atoms with E-state index in [1.165, 1.54) is 12.8 Å². The van der Waals surface area contributed by atoms with Crippen LogP contribution in [0.5, 0.6) is 0 Å². The van der Waals surface area contributed by atoms with Crippen LogP contribution in [0.15, 0.2) is 0 Å². The van der Waals surface area contributed by atoms with Crippen molar-refractivity contribution in [3.63, 3.8) is 0 Å². The van der Waals surface area contributed by atoms with E-state index in [9.17, 15) is 5.11 Å². The van der Waals surface area contributed by atoms with Crippen LogP contribution in [0.2, 0.25) is 0 Å². The first-order chi connectivity index (χ1) is 9.11. The van der Waals surface area contributed by atoms with Crippen molar-refractivity contribution in [3.05, 3.63) is 0 Å². The summed E-state index contributed by atoms with van der Waals surface area (Å²) in [5.41, 5.74) is -0.0469. The van der Waals surface area contributed by atoms with Crippen LogP contribution < -0.4 is 5.32 Å². The first-order valence-electron chi connectivity index (χ1n) is 7.93. The molecule has 2 rings (SSSR count). The lowest BCUT2D eigenvalue weighted by Crippen LogP contribution is -2.61. The number of hydrogen-bond donors (Lipinski definition) is 2. The molecular weight excluding hydrogens is 238 g/mol. The summed E-state index contributed by atoms with van der Waals surface area (Å²) in [7, 11) is 0. The van der Waals surface area contributed by atoms with Crippen LogP contribution in [-0.4, -0.2) is 72.4 Å². The maximum atomic E-state index is 9.89. The van der Waals surface area contributed by atoms with E-state index < -0.39 is 0 Å². The normalized spacial score (nSPS) is 25.7. The second-order valence-electron chi connectivity index (χ2n) is 6.52. The molecular formula is C15H31N3O. The monoisotopic (exact) mass is 269 g/mol. The summed E-state index contributed by atoms with van der Waals surface area (Å²) >= 11 is 0. The van der Waals surface area contributed by atoms with Gasteiger partial charge in [-0.3, -0.25) is 9.80 Å². The zero-order valence-corrected chi connectivity index (χ0v) is 12.9. The van der Waals surface area contributed by atoms with Crippen molar-refractivity contribution in [2.75, 3.05) is 45.9 Å². The first kappa shape index (κ1) is 15.2. The van der Waals surface area contributed by atoms with Gasteiger partial charge in [-0.25, -0.2) is 0 Å². The van der Waals surface area contributed by atoms with Gasteiger partial charge in [-0.15, -0.1) is 0 Å². The number of nitrogens with zero attached hydrogens (tertiary/aromatic N) is 2. The SMILES string of the molecule is CCNC(CO)(CN1CCN(C(C)C)CC1)C1CC1. The van der Waals surface area contributed by atoms with E-state index >= 15 is 0 Å². The molecule has 2 aliphatic rings. The summed E-state index contributed by atoms with van der Waals surface area (Å²) in [6.07, 6.45) is 2.55. The van der Waals surface area contributed by atoms with E-state index in [0.29, 0.717) is 12.0 Å². The molecule has 0 amide bonds. The fraction of sp³-hybridized carbons (Fsp3) is 1.00. The van der Waals surface area contributed by atoms with Gasteiger partial charge in [-0.2, -0.15) is 0 Å². The molecule has 4 heteroatoms. The molecule has 1 saturated carbocycles. The summed E-state index contributed by atoms with van der Waals surface area (Å²) in [5.74, 6) is 0.681. The molecule has 1 saturated heterocycles. The van der Waals surface area contributed by atoms with E-state index in [1.807, 2.05) is 0 Å². The summed E-state index contributed by atoms with van der Waals surface area (Å²) in [6, 6.07) is 0.655. The van der Waals surface area contributed by atoms with Gasteiger partial charge in [0.15, 0.2) is 0 Å². The highest BCUT2D eigenvalue weighted by Gasteiger charge is 2.45. The van der Waals surface area contributed by atoms with Crippen LogP contribution in [0.25, 0.3) is 0 Å². The first-order valence-corrected chi connectivity index (χ1v) is 7.93. The molecule has 1 heterocycles. The van der Waals surface area contributed by atoms with Gasteiger partial charge in [0.2, 0.25) is 0 Å². The molecule has 1 aliphatic carbocycles. The molecule has 0 bridgehead atoms. The van der Waals surface area contributed by atoms with Crippen LogP contribution in [0, 0.1) is 5.92 Å². The van der Waals surface area contributed by atoms with Gasteiger partial charge in [-0.1, -0.05) is 6.92 Å². The molecule has 1 aliphatic heterocycles. The highest BCUT2D eigenvalue weighted by molar-refractivity contribution is 5.03. The van der Waals surface area contributed by atoms with Crippen molar-refractivity contribution in [1.82, 2.24) is 15.1 Å². The minimum atomic E-state index is -0.0469. The third-order valence-electron chi connectivity index (χ3n) is 4.81. The zero-order chi connectivity index (χ0) is 13.9. The lowest BCUT2D eigenvalue weighted by atomic mass is 9.92. The number of hydrogen-bond acceptors (Lipinski definition) is 4. The smallest absolute Gasteiger partial charge is 0.0628 e. The minimum Gasteiger partial charge on any atom is -0.394 e. The molecule has 2 fully saturated rings. The third-order valence-corrected chi connectivity index (χ3v) is 4.81. The Kier molecular flexibility index (Phi) is 5.23. The van der Waals surface area contributed by atoms with Gasteiger partial charge < -0.3 is 10.4 Å². The number of rotatable bonds is 7. The second kappa shape index (κ2) is 6.53. The molecule has 4 nitrogen and oxygen atoms in total. The summed E-state index contributed by atoms with van der Waals surface area (Å²) in [4.78, 5) is 5.08. The Morgan fingerprint density at radius 3 is 2.26 bits per heavy atom. The molecule has 0 radical (unpaired) electrons. The largest absolute Gasteiger partial charge is 0.394 e. The summed E-state index contributed by atoms with van der Waals surface area (Å²) < 4.78 is 0. The Hall–Kier alpha value is -0.160.